The van der Waals surface area contributed by atoms with E-state index in [4.69, 9.17) is 0 Å². The van der Waals surface area contributed by atoms with Gasteiger partial charge in [-0.05, 0) is 43.7 Å². The quantitative estimate of drug-likeness (QED) is 0.454. The molecule has 1 aliphatic rings. The minimum atomic E-state index is -0.313. The minimum Gasteiger partial charge on any atom is -0.342 e. The molecule has 1 saturated carbocycles. The van der Waals surface area contributed by atoms with Crippen LogP contribution in [0.25, 0.3) is 0 Å². The van der Waals surface area contributed by atoms with Gasteiger partial charge in [-0.3, -0.25) is 4.79 Å². The van der Waals surface area contributed by atoms with Crippen LogP contribution in [0.4, 0.5) is 0 Å². The van der Waals surface area contributed by atoms with Crippen molar-refractivity contribution in [1.82, 2.24) is 19.7 Å². The second kappa shape index (κ2) is 9.13. The first-order valence-corrected chi connectivity index (χ1v) is 11.9. The van der Waals surface area contributed by atoms with Crippen molar-refractivity contribution in [1.29, 1.82) is 0 Å². The Bertz CT molecular complexity index is 931. The molecule has 29 heavy (non-hydrogen) atoms. The highest BCUT2D eigenvalue weighted by Gasteiger charge is 2.33. The monoisotopic (exact) mass is 426 g/mol. The largest absolute Gasteiger partial charge is 0.342 e. The number of carbonyl (C=O) groups excluding carboxylic acids is 1. The van der Waals surface area contributed by atoms with E-state index in [1.807, 2.05) is 49.1 Å². The average Bonchev–Trinajstić information content (AvgIpc) is 3.30. The van der Waals surface area contributed by atoms with Crippen molar-refractivity contribution in [3.63, 3.8) is 0 Å². The Morgan fingerprint density at radius 2 is 1.93 bits per heavy atom. The van der Waals surface area contributed by atoms with Crippen LogP contribution in [0.2, 0.25) is 0 Å². The van der Waals surface area contributed by atoms with Gasteiger partial charge in [-0.2, -0.15) is 0 Å². The molecule has 0 radical (unpaired) electrons. The van der Waals surface area contributed by atoms with Crippen molar-refractivity contribution in [2.75, 3.05) is 13.1 Å². The third-order valence-electron chi connectivity index (χ3n) is 5.18. The van der Waals surface area contributed by atoms with E-state index in [1.165, 1.54) is 16.6 Å². The summed E-state index contributed by atoms with van der Waals surface area (Å²) in [6.07, 6.45) is 3.10. The smallest absolute Gasteiger partial charge is 0.240 e. The number of amides is 1. The van der Waals surface area contributed by atoms with Gasteiger partial charge in [0.2, 0.25) is 5.91 Å². The van der Waals surface area contributed by atoms with E-state index in [-0.39, 0.29) is 11.2 Å². The van der Waals surface area contributed by atoms with E-state index in [0.717, 1.165) is 35.8 Å². The predicted octanol–water partition coefficient (Wildman–Crippen LogP) is 4.97. The van der Waals surface area contributed by atoms with Crippen molar-refractivity contribution >= 4 is 29.0 Å². The van der Waals surface area contributed by atoms with Crippen molar-refractivity contribution < 1.29 is 4.79 Å². The molecule has 1 unspecified atom stereocenters. The highest BCUT2D eigenvalue weighted by Crippen LogP contribution is 2.43. The first kappa shape index (κ1) is 20.2. The third-order valence-corrected chi connectivity index (χ3v) is 7.26. The Hall–Kier alpha value is -2.12. The fourth-order valence-electron chi connectivity index (χ4n) is 3.47. The molecule has 1 fully saturated rings. The number of benzene rings is 1. The number of nitrogens with zero attached hydrogens (tertiary/aromatic N) is 4. The maximum Gasteiger partial charge on any atom is 0.240 e. The van der Waals surface area contributed by atoms with E-state index in [1.54, 1.807) is 11.3 Å². The van der Waals surface area contributed by atoms with Crippen molar-refractivity contribution in [3.05, 3.63) is 64.1 Å². The molecule has 2 aromatic heterocycles. The lowest BCUT2D eigenvalue weighted by atomic mass is 10.1. The van der Waals surface area contributed by atoms with Gasteiger partial charge in [-0.25, -0.2) is 0 Å². The molecule has 7 heteroatoms. The maximum absolute atomic E-state index is 13.3. The van der Waals surface area contributed by atoms with Gasteiger partial charge < -0.3 is 9.47 Å². The highest BCUT2D eigenvalue weighted by molar-refractivity contribution is 8.00. The summed E-state index contributed by atoms with van der Waals surface area (Å²) >= 11 is 3.28. The molecule has 2 heterocycles. The van der Waals surface area contributed by atoms with E-state index in [0.29, 0.717) is 19.1 Å². The van der Waals surface area contributed by atoms with E-state index in [9.17, 15) is 4.79 Å². The van der Waals surface area contributed by atoms with Crippen LogP contribution in [0.3, 0.4) is 0 Å². The number of rotatable bonds is 9. The lowest BCUT2D eigenvalue weighted by Gasteiger charge is -2.25. The number of aromatic nitrogens is 3. The van der Waals surface area contributed by atoms with Gasteiger partial charge in [0.25, 0.3) is 0 Å². The SMILES string of the molecule is CCN(CC)C(=O)C(Sc1nnc(Cc2cccs2)n1C1CC1)c1ccccc1. The Morgan fingerprint density at radius 3 is 2.55 bits per heavy atom. The summed E-state index contributed by atoms with van der Waals surface area (Å²) in [6.45, 7) is 5.47. The average molecular weight is 427 g/mol. The number of hydrogen-bond donors (Lipinski definition) is 0. The number of carbonyl (C=O) groups is 1. The van der Waals surface area contributed by atoms with Crippen LogP contribution in [-0.4, -0.2) is 38.7 Å². The zero-order valence-electron chi connectivity index (χ0n) is 16.8. The van der Waals surface area contributed by atoms with Crippen molar-refractivity contribution in [2.45, 2.75) is 49.6 Å². The van der Waals surface area contributed by atoms with Crippen LogP contribution < -0.4 is 0 Å². The Kier molecular flexibility index (Phi) is 6.35. The van der Waals surface area contributed by atoms with Crippen LogP contribution >= 0.6 is 23.1 Å². The van der Waals surface area contributed by atoms with E-state index < -0.39 is 0 Å². The molecule has 0 aliphatic heterocycles. The predicted molar refractivity (Wildman–Crippen MR) is 118 cm³/mol. The fourth-order valence-corrected chi connectivity index (χ4v) is 5.38. The van der Waals surface area contributed by atoms with Crippen LogP contribution in [0.1, 0.15) is 54.2 Å². The standard InChI is InChI=1S/C22H26N4OS2/c1-3-25(4-2)21(27)20(16-9-6-5-7-10-16)29-22-24-23-19(26(22)17-12-13-17)15-18-11-8-14-28-18/h5-11,14,17,20H,3-4,12-13,15H2,1-2H3. The first-order valence-electron chi connectivity index (χ1n) is 10.2. The summed E-state index contributed by atoms with van der Waals surface area (Å²) < 4.78 is 2.27. The van der Waals surface area contributed by atoms with Gasteiger partial charge in [-0.15, -0.1) is 21.5 Å². The van der Waals surface area contributed by atoms with Crippen molar-refractivity contribution in [3.8, 4) is 0 Å². The minimum absolute atomic E-state index is 0.136. The molecule has 0 spiro atoms. The molecule has 1 amide bonds. The number of likely N-dealkylation sites (N-methyl/N-ethyl adjacent to an activating group) is 1. The number of thiophene rings is 1. The molecular weight excluding hydrogens is 400 g/mol. The normalized spacial score (nSPS) is 14.7. The summed E-state index contributed by atoms with van der Waals surface area (Å²) in [5.41, 5.74) is 1.01. The second-order valence-corrected chi connectivity index (χ2v) is 9.28. The fraction of sp³-hybridized carbons (Fsp3) is 0.409. The molecule has 0 bridgehead atoms. The van der Waals surface area contributed by atoms with Crippen LogP contribution in [0.15, 0.2) is 53.0 Å². The third kappa shape index (κ3) is 4.56. The molecular formula is C22H26N4OS2. The zero-order valence-corrected chi connectivity index (χ0v) is 18.5. The summed E-state index contributed by atoms with van der Waals surface area (Å²) in [5.74, 6) is 1.14. The molecule has 5 nitrogen and oxygen atoms in total. The lowest BCUT2D eigenvalue weighted by molar-refractivity contribution is -0.130. The van der Waals surface area contributed by atoms with Gasteiger partial charge in [0.15, 0.2) is 5.16 Å². The Balaban J connectivity index is 1.65. The molecule has 0 N–H and O–H groups in total. The van der Waals surface area contributed by atoms with E-state index in [2.05, 4.69) is 32.3 Å². The van der Waals surface area contributed by atoms with Crippen LogP contribution in [0.5, 0.6) is 0 Å². The van der Waals surface area contributed by atoms with Gasteiger partial charge >= 0.3 is 0 Å². The molecule has 1 aromatic carbocycles. The second-order valence-electron chi connectivity index (χ2n) is 7.18. The highest BCUT2D eigenvalue weighted by atomic mass is 32.2. The molecule has 152 valence electrons. The number of thioether (sulfide) groups is 1. The maximum atomic E-state index is 13.3. The Morgan fingerprint density at radius 1 is 1.17 bits per heavy atom. The molecule has 4 rings (SSSR count). The Labute approximate surface area is 180 Å². The topological polar surface area (TPSA) is 51.0 Å². The summed E-state index contributed by atoms with van der Waals surface area (Å²) in [5, 5.41) is 11.7. The van der Waals surface area contributed by atoms with Gasteiger partial charge in [-0.1, -0.05) is 48.2 Å². The molecule has 0 saturated heterocycles. The summed E-state index contributed by atoms with van der Waals surface area (Å²) in [7, 11) is 0. The molecule has 1 aliphatic carbocycles. The summed E-state index contributed by atoms with van der Waals surface area (Å²) in [6, 6.07) is 14.7. The first-order chi connectivity index (χ1) is 14.2. The molecule has 1 atom stereocenters. The lowest BCUT2D eigenvalue weighted by Crippen LogP contribution is -2.34. The molecule has 3 aromatic rings. The number of hydrogen-bond acceptors (Lipinski definition) is 5. The van der Waals surface area contributed by atoms with Crippen LogP contribution in [-0.2, 0) is 11.2 Å². The van der Waals surface area contributed by atoms with Gasteiger partial charge in [0.05, 0.1) is 0 Å². The summed E-state index contributed by atoms with van der Waals surface area (Å²) in [4.78, 5) is 16.5. The van der Waals surface area contributed by atoms with Crippen LogP contribution in [0, 0.1) is 0 Å². The van der Waals surface area contributed by atoms with E-state index >= 15 is 0 Å². The van der Waals surface area contributed by atoms with Gasteiger partial charge in [0.1, 0.15) is 11.1 Å². The van der Waals surface area contributed by atoms with Gasteiger partial charge in [0, 0.05) is 30.4 Å². The van der Waals surface area contributed by atoms with Crippen molar-refractivity contribution in [2.24, 2.45) is 0 Å². The zero-order chi connectivity index (χ0) is 20.2.